The molecule has 0 radical (unpaired) electrons. The SMILES string of the molecule is COC(=O)Nc1ccc2c(c1)NCCCNC(=O)CCC(NC(=O)C=Cc1cc(Cl)ccc1-n1cnnn1)c1ncc-2[nH]1. The number of amides is 3. The van der Waals surface area contributed by atoms with E-state index in [1.54, 1.807) is 42.6 Å². The second-order valence-electron chi connectivity index (χ2n) is 9.58. The van der Waals surface area contributed by atoms with Crippen LogP contribution in [-0.2, 0) is 14.3 Å². The Morgan fingerprint density at radius 1 is 1.16 bits per heavy atom. The normalized spacial score (nSPS) is 15.5. The smallest absolute Gasteiger partial charge is 0.411 e. The molecule has 2 aromatic heterocycles. The van der Waals surface area contributed by atoms with E-state index in [4.69, 9.17) is 16.3 Å². The van der Waals surface area contributed by atoms with Crippen molar-refractivity contribution in [1.29, 1.82) is 0 Å². The maximum absolute atomic E-state index is 13.1. The molecule has 222 valence electrons. The van der Waals surface area contributed by atoms with Gasteiger partial charge in [0, 0.05) is 53.1 Å². The highest BCUT2D eigenvalue weighted by Crippen LogP contribution is 2.31. The molecule has 0 saturated heterocycles. The third-order valence-electron chi connectivity index (χ3n) is 6.63. The molecule has 3 amide bonds. The third kappa shape index (κ3) is 7.54. The Hall–Kier alpha value is -5.24. The lowest BCUT2D eigenvalue weighted by molar-refractivity contribution is -0.122. The molecule has 4 aromatic rings. The lowest BCUT2D eigenvalue weighted by Crippen LogP contribution is -2.31. The van der Waals surface area contributed by atoms with Gasteiger partial charge in [0.15, 0.2) is 0 Å². The van der Waals surface area contributed by atoms with Crippen molar-refractivity contribution in [2.45, 2.75) is 25.3 Å². The fourth-order valence-corrected chi connectivity index (χ4v) is 4.71. The minimum Gasteiger partial charge on any atom is -0.453 e. The lowest BCUT2D eigenvalue weighted by Gasteiger charge is -2.17. The van der Waals surface area contributed by atoms with Gasteiger partial charge in [-0.25, -0.2) is 9.78 Å². The van der Waals surface area contributed by atoms with Gasteiger partial charge in [0.1, 0.15) is 12.2 Å². The van der Waals surface area contributed by atoms with Crippen LogP contribution in [0.5, 0.6) is 0 Å². The number of carbonyl (C=O) groups excluding carboxylic acids is 3. The Bertz CT molecular complexity index is 1640. The average Bonchev–Trinajstić information content (AvgIpc) is 3.71. The molecule has 1 atom stereocenters. The van der Waals surface area contributed by atoms with Crippen molar-refractivity contribution in [3.05, 3.63) is 71.4 Å². The van der Waals surface area contributed by atoms with Crippen molar-refractivity contribution in [1.82, 2.24) is 40.8 Å². The molecule has 0 fully saturated rings. The number of nitrogens with zero attached hydrogens (tertiary/aromatic N) is 5. The zero-order chi connectivity index (χ0) is 30.2. The van der Waals surface area contributed by atoms with Crippen LogP contribution in [0, 0.1) is 0 Å². The van der Waals surface area contributed by atoms with Gasteiger partial charge < -0.3 is 25.7 Å². The van der Waals surface area contributed by atoms with Gasteiger partial charge in [0.2, 0.25) is 11.8 Å². The van der Waals surface area contributed by atoms with Crippen LogP contribution in [0.25, 0.3) is 23.0 Å². The summed E-state index contributed by atoms with van der Waals surface area (Å²) >= 11 is 6.20. The van der Waals surface area contributed by atoms with Crippen LogP contribution in [0.1, 0.15) is 36.7 Å². The van der Waals surface area contributed by atoms with E-state index in [1.165, 1.54) is 24.2 Å². The first-order valence-corrected chi connectivity index (χ1v) is 13.8. The molecule has 2 aromatic carbocycles. The van der Waals surface area contributed by atoms with Crippen LogP contribution < -0.4 is 21.3 Å². The molecule has 0 spiro atoms. The third-order valence-corrected chi connectivity index (χ3v) is 6.87. The number of tetrazole rings is 1. The average molecular weight is 605 g/mol. The van der Waals surface area contributed by atoms with Crippen molar-refractivity contribution in [2.75, 3.05) is 30.8 Å². The van der Waals surface area contributed by atoms with E-state index < -0.39 is 18.0 Å². The standard InChI is InChI=1S/C28H29ClN10O4/c1-43-28(42)34-19-5-6-20-22(14-19)30-11-2-12-31-25(40)10-7-21(27-32-15-23(20)36-27)35-26(41)9-3-17-13-18(29)4-8-24(17)39-16-33-37-38-39/h3-6,8-9,13-16,21,30H,2,7,10-12H2,1H3,(H,31,40)(H,32,36)(H,34,42)(H,35,41). The number of fused-ring (bicyclic) bond motifs is 4. The number of aromatic amines is 1. The van der Waals surface area contributed by atoms with Crippen LogP contribution in [-0.4, -0.2) is 68.3 Å². The van der Waals surface area contributed by atoms with Crippen LogP contribution in [0.4, 0.5) is 16.2 Å². The van der Waals surface area contributed by atoms with Gasteiger partial charge in [-0.2, -0.15) is 4.68 Å². The summed E-state index contributed by atoms with van der Waals surface area (Å²) in [5.41, 5.74) is 4.08. The topological polar surface area (TPSA) is 181 Å². The zero-order valence-electron chi connectivity index (χ0n) is 23.1. The number of anilines is 2. The maximum atomic E-state index is 13.1. The Labute approximate surface area is 251 Å². The number of methoxy groups -OCH3 is 1. The molecule has 0 saturated carbocycles. The van der Waals surface area contributed by atoms with Gasteiger partial charge in [0.25, 0.3) is 0 Å². The number of ether oxygens (including phenoxy) is 1. The van der Waals surface area contributed by atoms with Crippen molar-refractivity contribution < 1.29 is 19.1 Å². The molecule has 5 rings (SSSR count). The molecule has 0 aliphatic carbocycles. The van der Waals surface area contributed by atoms with E-state index in [1.807, 2.05) is 6.07 Å². The number of hydrogen-bond acceptors (Lipinski definition) is 9. The van der Waals surface area contributed by atoms with Crippen molar-refractivity contribution in [3.63, 3.8) is 0 Å². The van der Waals surface area contributed by atoms with Crippen LogP contribution in [0.2, 0.25) is 5.02 Å². The fourth-order valence-electron chi connectivity index (χ4n) is 4.53. The van der Waals surface area contributed by atoms with Gasteiger partial charge >= 0.3 is 6.09 Å². The van der Waals surface area contributed by atoms with E-state index in [0.717, 1.165) is 11.3 Å². The number of hydrogen-bond donors (Lipinski definition) is 5. The van der Waals surface area contributed by atoms with Crippen molar-refractivity contribution in [2.24, 2.45) is 0 Å². The summed E-state index contributed by atoms with van der Waals surface area (Å²) in [7, 11) is 1.30. The molecular formula is C28H29ClN10O4. The number of nitrogens with one attached hydrogen (secondary N) is 5. The number of aromatic nitrogens is 6. The second kappa shape index (κ2) is 13.6. The number of benzene rings is 2. The number of halogens is 1. The van der Waals surface area contributed by atoms with Crippen molar-refractivity contribution >= 4 is 47.0 Å². The molecule has 15 heteroatoms. The Morgan fingerprint density at radius 2 is 2.02 bits per heavy atom. The van der Waals surface area contributed by atoms with E-state index in [9.17, 15) is 14.4 Å². The first-order valence-electron chi connectivity index (χ1n) is 13.5. The van der Waals surface area contributed by atoms with E-state index in [-0.39, 0.29) is 12.3 Å². The number of rotatable bonds is 5. The predicted octanol–water partition coefficient (Wildman–Crippen LogP) is 3.47. The Balaban J connectivity index is 1.40. The van der Waals surface area contributed by atoms with E-state index in [0.29, 0.717) is 59.4 Å². The van der Waals surface area contributed by atoms with E-state index in [2.05, 4.69) is 46.8 Å². The first-order chi connectivity index (χ1) is 20.9. The van der Waals surface area contributed by atoms with Crippen LogP contribution in [0.15, 0.2) is 55.0 Å². The molecule has 2 bridgehead atoms. The molecule has 1 aliphatic heterocycles. The minimum atomic E-state index is -0.588. The molecule has 14 nitrogen and oxygen atoms in total. The quantitative estimate of drug-likeness (QED) is 0.213. The molecule has 1 unspecified atom stereocenters. The lowest BCUT2D eigenvalue weighted by atomic mass is 10.1. The summed E-state index contributed by atoms with van der Waals surface area (Å²) in [4.78, 5) is 45.2. The Kier molecular flexibility index (Phi) is 9.26. The highest BCUT2D eigenvalue weighted by Gasteiger charge is 2.20. The summed E-state index contributed by atoms with van der Waals surface area (Å²) in [6, 6.07) is 9.96. The summed E-state index contributed by atoms with van der Waals surface area (Å²) in [5.74, 6) is -0.0391. The first kappa shape index (κ1) is 29.3. The highest BCUT2D eigenvalue weighted by molar-refractivity contribution is 6.30. The number of carbonyl (C=O) groups is 3. The summed E-state index contributed by atoms with van der Waals surface area (Å²) in [5, 5.41) is 23.6. The highest BCUT2D eigenvalue weighted by atomic mass is 35.5. The van der Waals surface area contributed by atoms with Gasteiger partial charge in [0.05, 0.1) is 30.7 Å². The summed E-state index contributed by atoms with van der Waals surface area (Å²) in [6.07, 6.45) is 6.71. The fraction of sp³-hybridized carbons (Fsp3) is 0.250. The predicted molar refractivity (Wildman–Crippen MR) is 159 cm³/mol. The molecule has 1 aliphatic rings. The Morgan fingerprint density at radius 3 is 2.84 bits per heavy atom. The van der Waals surface area contributed by atoms with Crippen LogP contribution >= 0.6 is 11.6 Å². The summed E-state index contributed by atoms with van der Waals surface area (Å²) < 4.78 is 6.17. The second-order valence-corrected chi connectivity index (χ2v) is 10.0. The maximum Gasteiger partial charge on any atom is 0.411 e. The zero-order valence-corrected chi connectivity index (χ0v) is 23.9. The van der Waals surface area contributed by atoms with Gasteiger partial charge in [-0.1, -0.05) is 11.6 Å². The van der Waals surface area contributed by atoms with E-state index >= 15 is 0 Å². The van der Waals surface area contributed by atoms with Gasteiger partial charge in [-0.15, -0.1) is 5.10 Å². The number of imidazole rings is 1. The van der Waals surface area contributed by atoms with Crippen molar-refractivity contribution in [3.8, 4) is 16.9 Å². The summed E-state index contributed by atoms with van der Waals surface area (Å²) in [6.45, 7) is 1.06. The number of H-pyrrole nitrogens is 1. The largest absolute Gasteiger partial charge is 0.453 e. The molecule has 43 heavy (non-hydrogen) atoms. The van der Waals surface area contributed by atoms with Crippen LogP contribution in [0.3, 0.4) is 0 Å². The molecular weight excluding hydrogens is 576 g/mol. The van der Waals surface area contributed by atoms with Gasteiger partial charge in [-0.05, 0) is 65.7 Å². The minimum absolute atomic E-state index is 0.131. The van der Waals surface area contributed by atoms with Gasteiger partial charge in [-0.3, -0.25) is 14.9 Å². The monoisotopic (exact) mass is 604 g/mol. The molecule has 5 N–H and O–H groups in total. The molecule has 3 heterocycles.